The van der Waals surface area contributed by atoms with Gasteiger partial charge < -0.3 is 0 Å². The van der Waals surface area contributed by atoms with Gasteiger partial charge in [0.25, 0.3) is 0 Å². The molecule has 1 N–H and O–H groups in total. The SMILES string of the molecule is Cc1n[nH]c(=S)n1C1CN(C(C)C)C1. The second-order valence-corrected chi connectivity index (χ2v) is 4.53. The maximum absolute atomic E-state index is 5.18. The monoisotopic (exact) mass is 212 g/mol. The molecule has 0 amide bonds. The van der Waals surface area contributed by atoms with Gasteiger partial charge in [0.2, 0.25) is 0 Å². The fourth-order valence-electron chi connectivity index (χ4n) is 1.89. The molecule has 0 atom stereocenters. The van der Waals surface area contributed by atoms with Crippen molar-refractivity contribution in [2.75, 3.05) is 13.1 Å². The number of hydrogen-bond acceptors (Lipinski definition) is 3. The first-order valence-corrected chi connectivity index (χ1v) is 5.38. The number of nitrogens with one attached hydrogen (secondary N) is 1. The highest BCUT2D eigenvalue weighted by molar-refractivity contribution is 7.71. The highest BCUT2D eigenvalue weighted by atomic mass is 32.1. The lowest BCUT2D eigenvalue weighted by atomic mass is 10.1. The van der Waals surface area contributed by atoms with Crippen LogP contribution in [0.2, 0.25) is 0 Å². The third kappa shape index (κ3) is 1.50. The largest absolute Gasteiger partial charge is 0.299 e. The lowest BCUT2D eigenvalue weighted by molar-refractivity contribution is 0.0723. The second kappa shape index (κ2) is 3.47. The molecule has 0 spiro atoms. The van der Waals surface area contributed by atoms with Gasteiger partial charge in [-0.05, 0) is 33.0 Å². The van der Waals surface area contributed by atoms with E-state index >= 15 is 0 Å². The van der Waals surface area contributed by atoms with E-state index in [-0.39, 0.29) is 0 Å². The number of likely N-dealkylation sites (tertiary alicyclic amines) is 1. The zero-order chi connectivity index (χ0) is 10.3. The first-order chi connectivity index (χ1) is 6.59. The van der Waals surface area contributed by atoms with E-state index in [1.54, 1.807) is 0 Å². The predicted octanol–water partition coefficient (Wildman–Crippen LogP) is 1.51. The zero-order valence-corrected chi connectivity index (χ0v) is 9.64. The van der Waals surface area contributed by atoms with Crippen molar-refractivity contribution >= 4 is 12.2 Å². The highest BCUT2D eigenvalue weighted by Gasteiger charge is 2.31. The van der Waals surface area contributed by atoms with E-state index in [4.69, 9.17) is 12.2 Å². The number of H-pyrrole nitrogens is 1. The number of rotatable bonds is 2. The van der Waals surface area contributed by atoms with Crippen molar-refractivity contribution in [3.8, 4) is 0 Å². The highest BCUT2D eigenvalue weighted by Crippen LogP contribution is 2.24. The van der Waals surface area contributed by atoms with Crippen molar-refractivity contribution < 1.29 is 0 Å². The van der Waals surface area contributed by atoms with Crippen LogP contribution in [-0.4, -0.2) is 38.8 Å². The normalized spacial score (nSPS) is 18.9. The molecular formula is C9H16N4S. The molecule has 0 radical (unpaired) electrons. The lowest BCUT2D eigenvalue weighted by Gasteiger charge is -2.42. The van der Waals surface area contributed by atoms with Gasteiger partial charge in [0.1, 0.15) is 5.82 Å². The summed E-state index contributed by atoms with van der Waals surface area (Å²) in [4.78, 5) is 2.43. The van der Waals surface area contributed by atoms with Crippen LogP contribution < -0.4 is 0 Å². The summed E-state index contributed by atoms with van der Waals surface area (Å²) in [6.45, 7) is 8.61. The van der Waals surface area contributed by atoms with Gasteiger partial charge in [-0.25, -0.2) is 0 Å². The van der Waals surface area contributed by atoms with Crippen LogP contribution in [-0.2, 0) is 0 Å². The predicted molar refractivity (Wildman–Crippen MR) is 57.9 cm³/mol. The quantitative estimate of drug-likeness (QED) is 0.755. The summed E-state index contributed by atoms with van der Waals surface area (Å²) in [6.07, 6.45) is 0. The van der Waals surface area contributed by atoms with Gasteiger partial charge in [-0.15, -0.1) is 0 Å². The van der Waals surface area contributed by atoms with Crippen LogP contribution in [0.5, 0.6) is 0 Å². The van der Waals surface area contributed by atoms with Gasteiger partial charge in [0.05, 0.1) is 6.04 Å². The topological polar surface area (TPSA) is 36.9 Å². The van der Waals surface area contributed by atoms with Crippen molar-refractivity contribution in [1.82, 2.24) is 19.7 Å². The summed E-state index contributed by atoms with van der Waals surface area (Å²) in [6, 6.07) is 1.15. The third-order valence-corrected chi connectivity index (χ3v) is 3.15. The number of hydrogen-bond donors (Lipinski definition) is 1. The molecule has 4 nitrogen and oxygen atoms in total. The molecule has 5 heteroatoms. The molecule has 1 aliphatic rings. The maximum Gasteiger partial charge on any atom is 0.195 e. The number of aromatic nitrogens is 3. The van der Waals surface area contributed by atoms with E-state index in [2.05, 4.69) is 33.5 Å². The van der Waals surface area contributed by atoms with Crippen LogP contribution in [0, 0.1) is 11.7 Å². The Labute approximate surface area is 88.9 Å². The van der Waals surface area contributed by atoms with Gasteiger partial charge in [0.15, 0.2) is 4.77 Å². The Balaban J connectivity index is 2.10. The lowest BCUT2D eigenvalue weighted by Crippen LogP contribution is -2.51. The Morgan fingerprint density at radius 3 is 2.57 bits per heavy atom. The van der Waals surface area contributed by atoms with Crippen LogP contribution in [0.3, 0.4) is 0 Å². The molecule has 1 aliphatic heterocycles. The van der Waals surface area contributed by atoms with E-state index in [0.717, 1.165) is 23.7 Å². The summed E-state index contributed by atoms with van der Waals surface area (Å²) in [7, 11) is 0. The molecule has 78 valence electrons. The van der Waals surface area contributed by atoms with Crippen molar-refractivity contribution in [3.05, 3.63) is 10.6 Å². The van der Waals surface area contributed by atoms with E-state index in [1.165, 1.54) is 0 Å². The summed E-state index contributed by atoms with van der Waals surface area (Å²) in [5.41, 5.74) is 0. The van der Waals surface area contributed by atoms with Crippen LogP contribution in [0.1, 0.15) is 25.7 Å². The van der Waals surface area contributed by atoms with Gasteiger partial charge in [-0.1, -0.05) is 0 Å². The zero-order valence-electron chi connectivity index (χ0n) is 8.82. The molecule has 0 aromatic carbocycles. The summed E-state index contributed by atoms with van der Waals surface area (Å²) in [5.74, 6) is 0.989. The van der Waals surface area contributed by atoms with Crippen molar-refractivity contribution in [1.29, 1.82) is 0 Å². The molecule has 1 saturated heterocycles. The van der Waals surface area contributed by atoms with E-state index < -0.39 is 0 Å². The summed E-state index contributed by atoms with van der Waals surface area (Å²) >= 11 is 5.18. The third-order valence-electron chi connectivity index (χ3n) is 2.87. The fourth-order valence-corrected chi connectivity index (χ4v) is 2.21. The standard InChI is InChI=1S/C9H16N4S/c1-6(2)12-4-8(5-12)13-7(3)10-11-9(13)14/h6,8H,4-5H2,1-3H3,(H,11,14). The average molecular weight is 212 g/mol. The van der Waals surface area contributed by atoms with Crippen LogP contribution >= 0.6 is 12.2 Å². The molecule has 1 fully saturated rings. The summed E-state index contributed by atoms with van der Waals surface area (Å²) in [5, 5.41) is 6.94. The van der Waals surface area contributed by atoms with E-state index in [9.17, 15) is 0 Å². The number of aryl methyl sites for hydroxylation is 1. The van der Waals surface area contributed by atoms with Crippen LogP contribution in [0.25, 0.3) is 0 Å². The first kappa shape index (κ1) is 9.86. The minimum Gasteiger partial charge on any atom is -0.299 e. The average Bonchev–Trinajstić information content (AvgIpc) is 2.32. The molecule has 0 aliphatic carbocycles. The molecule has 0 saturated carbocycles. The fraction of sp³-hybridized carbons (Fsp3) is 0.778. The Kier molecular flexibility index (Phi) is 2.45. The van der Waals surface area contributed by atoms with Crippen molar-refractivity contribution in [2.45, 2.75) is 32.9 Å². The van der Waals surface area contributed by atoms with E-state index in [0.29, 0.717) is 12.1 Å². The van der Waals surface area contributed by atoms with Gasteiger partial charge in [-0.3, -0.25) is 14.6 Å². The Morgan fingerprint density at radius 1 is 1.50 bits per heavy atom. The van der Waals surface area contributed by atoms with Crippen molar-refractivity contribution in [2.24, 2.45) is 0 Å². The number of aromatic amines is 1. The van der Waals surface area contributed by atoms with Gasteiger partial charge in [-0.2, -0.15) is 5.10 Å². The first-order valence-electron chi connectivity index (χ1n) is 4.97. The molecule has 1 aromatic heterocycles. The second-order valence-electron chi connectivity index (χ2n) is 4.15. The van der Waals surface area contributed by atoms with Crippen molar-refractivity contribution in [3.63, 3.8) is 0 Å². The van der Waals surface area contributed by atoms with Gasteiger partial charge >= 0.3 is 0 Å². The Hall–Kier alpha value is -0.680. The van der Waals surface area contributed by atoms with Crippen LogP contribution in [0.15, 0.2) is 0 Å². The molecule has 0 bridgehead atoms. The number of nitrogens with zero attached hydrogens (tertiary/aromatic N) is 3. The van der Waals surface area contributed by atoms with Crippen LogP contribution in [0.4, 0.5) is 0 Å². The van der Waals surface area contributed by atoms with E-state index in [1.807, 2.05) is 6.92 Å². The molecule has 2 rings (SSSR count). The Bertz CT molecular complexity index is 372. The molecule has 14 heavy (non-hydrogen) atoms. The maximum atomic E-state index is 5.18. The Morgan fingerprint density at radius 2 is 2.14 bits per heavy atom. The van der Waals surface area contributed by atoms with Gasteiger partial charge in [0, 0.05) is 19.1 Å². The minimum absolute atomic E-state index is 0.517. The molecular weight excluding hydrogens is 196 g/mol. The molecule has 1 aromatic rings. The summed E-state index contributed by atoms with van der Waals surface area (Å²) < 4.78 is 2.87. The molecule has 2 heterocycles. The molecule has 0 unspecified atom stereocenters. The smallest absolute Gasteiger partial charge is 0.195 e. The minimum atomic E-state index is 0.517.